The van der Waals surface area contributed by atoms with E-state index in [0.717, 1.165) is 27.2 Å². The zero-order valence-corrected chi connectivity index (χ0v) is 13.9. The molecule has 0 aliphatic carbocycles. The van der Waals surface area contributed by atoms with Gasteiger partial charge in [-0.2, -0.15) is 3.94 Å². The molecule has 0 bridgehead atoms. The van der Waals surface area contributed by atoms with Gasteiger partial charge in [-0.25, -0.2) is 0 Å². The first kappa shape index (κ1) is 16.2. The number of halogens is 2. The lowest BCUT2D eigenvalue weighted by atomic mass is 10.00. The number of rotatable bonds is 7. The second kappa shape index (κ2) is 8.31. The maximum absolute atomic E-state index is 5.89. The van der Waals surface area contributed by atoms with Crippen molar-refractivity contribution >= 4 is 29.2 Å². The lowest BCUT2D eigenvalue weighted by Crippen LogP contribution is -1.95. The summed E-state index contributed by atoms with van der Waals surface area (Å²) in [4.78, 5) is 0. The van der Waals surface area contributed by atoms with E-state index in [4.69, 9.17) is 23.6 Å². The zero-order valence-electron chi connectivity index (χ0n) is 12.4. The van der Waals surface area contributed by atoms with Crippen molar-refractivity contribution in [1.29, 1.82) is 0 Å². The highest BCUT2D eigenvalue weighted by molar-refractivity contribution is 6.49. The highest BCUT2D eigenvalue weighted by Gasteiger charge is 2.08. The van der Waals surface area contributed by atoms with Gasteiger partial charge in [0.05, 0.1) is 5.69 Å². The van der Waals surface area contributed by atoms with Gasteiger partial charge in [-0.1, -0.05) is 68.7 Å². The molecule has 1 nitrogen and oxygen atoms in total. The number of para-hydroxylation sites is 1. The quantitative estimate of drug-likeness (QED) is 0.410. The molecule has 0 amide bonds. The van der Waals surface area contributed by atoms with E-state index in [0.29, 0.717) is 0 Å². The molecule has 2 rings (SSSR count). The van der Waals surface area contributed by atoms with Crippen LogP contribution in [0.5, 0.6) is 0 Å². The van der Waals surface area contributed by atoms with Crippen molar-refractivity contribution < 1.29 is 0 Å². The first-order valence-electron chi connectivity index (χ1n) is 7.52. The fourth-order valence-electron chi connectivity index (χ4n) is 2.47. The van der Waals surface area contributed by atoms with Crippen LogP contribution in [-0.4, -0.2) is 0 Å². The Morgan fingerprint density at radius 1 is 0.857 bits per heavy atom. The Morgan fingerprint density at radius 3 is 2.24 bits per heavy atom. The van der Waals surface area contributed by atoms with Crippen LogP contribution in [0.25, 0.3) is 11.1 Å². The van der Waals surface area contributed by atoms with Gasteiger partial charge in [0.25, 0.3) is 0 Å². The van der Waals surface area contributed by atoms with Crippen molar-refractivity contribution in [2.45, 2.75) is 39.0 Å². The van der Waals surface area contributed by atoms with Gasteiger partial charge in [-0.3, -0.25) is 0 Å². The smallest absolute Gasteiger partial charge is 0.0788 e. The van der Waals surface area contributed by atoms with Gasteiger partial charge in [-0.05, 0) is 30.0 Å². The summed E-state index contributed by atoms with van der Waals surface area (Å²) < 4.78 is 1.12. The number of anilines is 1. The minimum atomic E-state index is 0.802. The van der Waals surface area contributed by atoms with E-state index in [9.17, 15) is 0 Å². The van der Waals surface area contributed by atoms with E-state index in [1.54, 1.807) is 0 Å². The molecule has 0 saturated carbocycles. The zero-order chi connectivity index (χ0) is 15.1. The predicted octanol–water partition coefficient (Wildman–Crippen LogP) is 6.59. The topological polar surface area (TPSA) is 3.24 Å². The van der Waals surface area contributed by atoms with Crippen molar-refractivity contribution in [3.63, 3.8) is 0 Å². The Morgan fingerprint density at radius 2 is 1.57 bits per heavy atom. The molecular formula is C18H21Cl2N. The Labute approximate surface area is 137 Å². The van der Waals surface area contributed by atoms with Crippen molar-refractivity contribution in [2.75, 3.05) is 3.94 Å². The Hall–Kier alpha value is -1.18. The average molecular weight is 322 g/mol. The van der Waals surface area contributed by atoms with E-state index < -0.39 is 0 Å². The van der Waals surface area contributed by atoms with E-state index in [1.807, 2.05) is 24.3 Å². The predicted molar refractivity (Wildman–Crippen MR) is 93.9 cm³/mol. The summed E-state index contributed by atoms with van der Waals surface area (Å²) in [6.07, 6.45) is 6.34. The van der Waals surface area contributed by atoms with Crippen molar-refractivity contribution in [3.05, 3.63) is 54.1 Å². The van der Waals surface area contributed by atoms with Gasteiger partial charge < -0.3 is 0 Å². The molecule has 2 aromatic carbocycles. The van der Waals surface area contributed by atoms with Gasteiger partial charge in [0.1, 0.15) is 0 Å². The Bertz CT molecular complexity index is 549. The van der Waals surface area contributed by atoms with Gasteiger partial charge in [0.15, 0.2) is 0 Å². The molecule has 0 aliphatic rings. The highest BCUT2D eigenvalue weighted by atomic mass is 35.5. The van der Waals surface area contributed by atoms with Gasteiger partial charge in [-0.15, -0.1) is 0 Å². The first-order valence-corrected chi connectivity index (χ1v) is 8.20. The first-order chi connectivity index (χ1) is 10.2. The van der Waals surface area contributed by atoms with E-state index in [-0.39, 0.29) is 0 Å². The van der Waals surface area contributed by atoms with Gasteiger partial charge >= 0.3 is 0 Å². The van der Waals surface area contributed by atoms with Gasteiger partial charge in [0.2, 0.25) is 0 Å². The van der Waals surface area contributed by atoms with Gasteiger partial charge in [0, 0.05) is 29.1 Å². The molecule has 0 radical (unpaired) electrons. The molecule has 0 heterocycles. The molecule has 21 heavy (non-hydrogen) atoms. The maximum Gasteiger partial charge on any atom is 0.0788 e. The number of nitrogens with zero attached hydrogens (tertiary/aromatic N) is 1. The summed E-state index contributed by atoms with van der Waals surface area (Å²) in [6, 6.07) is 16.6. The third-order valence-electron chi connectivity index (χ3n) is 3.67. The molecule has 112 valence electrons. The number of hydrogen-bond donors (Lipinski definition) is 0. The average Bonchev–Trinajstić information content (AvgIpc) is 2.52. The van der Waals surface area contributed by atoms with E-state index >= 15 is 0 Å². The normalized spacial score (nSPS) is 10.6. The van der Waals surface area contributed by atoms with E-state index in [1.165, 1.54) is 31.2 Å². The van der Waals surface area contributed by atoms with Crippen LogP contribution in [0.1, 0.15) is 38.2 Å². The minimum absolute atomic E-state index is 0.802. The van der Waals surface area contributed by atoms with Crippen molar-refractivity contribution in [3.8, 4) is 11.1 Å². The second-order valence-electron chi connectivity index (χ2n) is 5.26. The fraction of sp³-hybridized carbons (Fsp3) is 0.333. The molecular weight excluding hydrogens is 301 g/mol. The third kappa shape index (κ3) is 4.66. The molecule has 0 saturated heterocycles. The van der Waals surface area contributed by atoms with Crippen LogP contribution in [0.4, 0.5) is 5.69 Å². The van der Waals surface area contributed by atoms with Crippen LogP contribution in [0.3, 0.4) is 0 Å². The molecule has 3 heteroatoms. The second-order valence-corrected chi connectivity index (χ2v) is 6.11. The van der Waals surface area contributed by atoms with Crippen molar-refractivity contribution in [1.82, 2.24) is 0 Å². The third-order valence-corrected chi connectivity index (χ3v) is 4.03. The SMILES string of the molecule is CCCCCCc1ccc(-c2ccccc2N(Cl)Cl)cc1. The lowest BCUT2D eigenvalue weighted by molar-refractivity contribution is 0.667. The van der Waals surface area contributed by atoms with Crippen LogP contribution in [0.15, 0.2) is 48.5 Å². The summed E-state index contributed by atoms with van der Waals surface area (Å²) >= 11 is 11.8. The summed E-state index contributed by atoms with van der Waals surface area (Å²) in [5, 5.41) is 0. The monoisotopic (exact) mass is 321 g/mol. The van der Waals surface area contributed by atoms with Crippen LogP contribution in [-0.2, 0) is 6.42 Å². The molecule has 0 atom stereocenters. The lowest BCUT2D eigenvalue weighted by Gasteiger charge is -2.12. The Kier molecular flexibility index (Phi) is 6.41. The van der Waals surface area contributed by atoms with Crippen LogP contribution in [0.2, 0.25) is 0 Å². The fourth-order valence-corrected chi connectivity index (χ4v) is 2.77. The number of hydrogen-bond acceptors (Lipinski definition) is 1. The minimum Gasteiger partial charge on any atom is -0.193 e. The van der Waals surface area contributed by atoms with Crippen molar-refractivity contribution in [2.24, 2.45) is 0 Å². The Balaban J connectivity index is 2.09. The summed E-state index contributed by atoms with van der Waals surface area (Å²) in [7, 11) is 0. The van der Waals surface area contributed by atoms with Crippen LogP contribution < -0.4 is 3.94 Å². The number of benzene rings is 2. The number of aryl methyl sites for hydroxylation is 1. The molecule has 0 aliphatic heterocycles. The van der Waals surface area contributed by atoms with Crippen LogP contribution >= 0.6 is 23.6 Å². The molecule has 2 aromatic rings. The van der Waals surface area contributed by atoms with E-state index in [2.05, 4.69) is 31.2 Å². The highest BCUT2D eigenvalue weighted by Crippen LogP contribution is 2.33. The summed E-state index contributed by atoms with van der Waals surface area (Å²) in [5.74, 6) is 0. The molecule has 0 N–H and O–H groups in total. The summed E-state index contributed by atoms with van der Waals surface area (Å²) in [6.45, 7) is 2.24. The molecule has 0 fully saturated rings. The summed E-state index contributed by atoms with van der Waals surface area (Å²) in [5.41, 5.74) is 4.37. The molecule has 0 aromatic heterocycles. The molecule has 0 spiro atoms. The largest absolute Gasteiger partial charge is 0.193 e. The number of unbranched alkanes of at least 4 members (excludes halogenated alkanes) is 3. The standard InChI is InChI=1S/C18H21Cl2N/c1-2-3-4-5-8-15-11-13-16(14-12-15)17-9-6-7-10-18(17)21(19)20/h6-7,9-14H,2-5,8H2,1H3. The van der Waals surface area contributed by atoms with Crippen LogP contribution in [0, 0.1) is 0 Å². The maximum atomic E-state index is 5.89. The molecule has 0 unspecified atom stereocenters.